The standard InChI is InChI=1S/C14H17Cl2N3O3/c1-14(22,9-2-3-9)7-19-11(20)6-18-13(21)8-4-10(15)12(16)17-5-8/h4-5,9,22H,2-3,6-7H2,1H3,(H,18,21)(H,19,20). The second-order valence-electron chi connectivity index (χ2n) is 5.59. The molecule has 0 spiro atoms. The topological polar surface area (TPSA) is 91.3 Å². The van der Waals surface area contributed by atoms with Crippen molar-refractivity contribution in [3.63, 3.8) is 0 Å². The Bertz CT molecular complexity index is 589. The van der Waals surface area contributed by atoms with E-state index in [0.29, 0.717) is 0 Å². The Hall–Kier alpha value is -1.37. The second kappa shape index (κ2) is 6.81. The highest BCUT2D eigenvalue weighted by Crippen LogP contribution is 2.38. The SMILES string of the molecule is CC(O)(CNC(=O)CNC(=O)c1cnc(Cl)c(Cl)c1)C1CC1. The Balaban J connectivity index is 1.77. The van der Waals surface area contributed by atoms with E-state index in [0.717, 1.165) is 12.8 Å². The predicted molar refractivity (Wildman–Crippen MR) is 82.9 cm³/mol. The van der Waals surface area contributed by atoms with Crippen LogP contribution in [0.3, 0.4) is 0 Å². The van der Waals surface area contributed by atoms with E-state index in [-0.39, 0.29) is 40.7 Å². The van der Waals surface area contributed by atoms with E-state index in [2.05, 4.69) is 15.6 Å². The van der Waals surface area contributed by atoms with Gasteiger partial charge in [-0.2, -0.15) is 0 Å². The number of hydrogen-bond donors (Lipinski definition) is 3. The monoisotopic (exact) mass is 345 g/mol. The van der Waals surface area contributed by atoms with Gasteiger partial charge >= 0.3 is 0 Å². The first-order valence-corrected chi connectivity index (χ1v) is 7.63. The molecule has 2 amide bonds. The van der Waals surface area contributed by atoms with Gasteiger partial charge in [-0.3, -0.25) is 9.59 Å². The summed E-state index contributed by atoms with van der Waals surface area (Å²) in [5, 5.41) is 15.4. The summed E-state index contributed by atoms with van der Waals surface area (Å²) in [5.74, 6) is -0.609. The predicted octanol–water partition coefficient (Wildman–Crippen LogP) is 1.40. The first-order chi connectivity index (χ1) is 10.3. The fourth-order valence-corrected chi connectivity index (χ4v) is 2.27. The maximum Gasteiger partial charge on any atom is 0.253 e. The summed E-state index contributed by atoms with van der Waals surface area (Å²) in [6.45, 7) is 1.67. The molecule has 1 atom stereocenters. The zero-order valence-corrected chi connectivity index (χ0v) is 13.5. The number of aliphatic hydroxyl groups is 1. The van der Waals surface area contributed by atoms with Crippen LogP contribution in [-0.2, 0) is 4.79 Å². The van der Waals surface area contributed by atoms with Gasteiger partial charge in [0.1, 0.15) is 5.15 Å². The molecule has 1 aliphatic rings. The van der Waals surface area contributed by atoms with E-state index in [1.165, 1.54) is 12.3 Å². The quantitative estimate of drug-likeness (QED) is 0.679. The Morgan fingerprint density at radius 2 is 2.09 bits per heavy atom. The van der Waals surface area contributed by atoms with Crippen LogP contribution in [0.25, 0.3) is 0 Å². The molecule has 0 bridgehead atoms. The summed E-state index contributed by atoms with van der Waals surface area (Å²) in [5.41, 5.74) is -0.681. The Morgan fingerprint density at radius 3 is 2.68 bits per heavy atom. The van der Waals surface area contributed by atoms with Crippen molar-refractivity contribution in [2.75, 3.05) is 13.1 Å². The summed E-state index contributed by atoms with van der Waals surface area (Å²) >= 11 is 11.4. The zero-order valence-electron chi connectivity index (χ0n) is 12.0. The van der Waals surface area contributed by atoms with Crippen LogP contribution >= 0.6 is 23.2 Å². The average Bonchev–Trinajstić information content (AvgIpc) is 3.30. The zero-order chi connectivity index (χ0) is 16.3. The molecular formula is C14H17Cl2N3O3. The highest BCUT2D eigenvalue weighted by molar-refractivity contribution is 6.41. The van der Waals surface area contributed by atoms with Crippen molar-refractivity contribution in [2.24, 2.45) is 5.92 Å². The lowest BCUT2D eigenvalue weighted by atomic mass is 10.0. The van der Waals surface area contributed by atoms with Crippen LogP contribution in [0.1, 0.15) is 30.1 Å². The van der Waals surface area contributed by atoms with Gasteiger partial charge in [-0.25, -0.2) is 4.98 Å². The number of carbonyl (C=O) groups is 2. The summed E-state index contributed by atoms with van der Waals surface area (Å²) < 4.78 is 0. The summed E-state index contributed by atoms with van der Waals surface area (Å²) in [6.07, 6.45) is 3.23. The third kappa shape index (κ3) is 4.56. The molecular weight excluding hydrogens is 329 g/mol. The molecule has 8 heteroatoms. The van der Waals surface area contributed by atoms with Gasteiger partial charge in [-0.05, 0) is 31.7 Å². The third-order valence-electron chi connectivity index (χ3n) is 3.57. The van der Waals surface area contributed by atoms with Gasteiger partial charge in [0, 0.05) is 12.7 Å². The van der Waals surface area contributed by atoms with Crippen LogP contribution in [0.2, 0.25) is 10.2 Å². The fourth-order valence-electron chi connectivity index (χ4n) is 2.00. The van der Waals surface area contributed by atoms with Gasteiger partial charge in [0.15, 0.2) is 0 Å². The van der Waals surface area contributed by atoms with Gasteiger partial charge in [-0.15, -0.1) is 0 Å². The van der Waals surface area contributed by atoms with E-state index >= 15 is 0 Å². The van der Waals surface area contributed by atoms with Gasteiger partial charge in [0.05, 0.1) is 22.7 Å². The number of halogens is 2. The Morgan fingerprint density at radius 1 is 1.41 bits per heavy atom. The summed E-state index contributed by atoms with van der Waals surface area (Å²) in [7, 11) is 0. The molecule has 1 fully saturated rings. The Labute approximate surface area is 138 Å². The van der Waals surface area contributed by atoms with Gasteiger partial charge in [-0.1, -0.05) is 23.2 Å². The van der Waals surface area contributed by atoms with Crippen molar-refractivity contribution in [1.29, 1.82) is 0 Å². The number of amides is 2. The van der Waals surface area contributed by atoms with E-state index in [1.807, 2.05) is 0 Å². The Kier molecular flexibility index (Phi) is 5.26. The highest BCUT2D eigenvalue weighted by atomic mass is 35.5. The molecule has 1 aromatic heterocycles. The molecule has 1 saturated carbocycles. The van der Waals surface area contributed by atoms with Crippen LogP contribution in [-0.4, -0.2) is 40.6 Å². The lowest BCUT2D eigenvalue weighted by Gasteiger charge is -2.23. The van der Waals surface area contributed by atoms with Crippen LogP contribution in [0.5, 0.6) is 0 Å². The van der Waals surface area contributed by atoms with Gasteiger partial charge in [0.2, 0.25) is 5.91 Å². The normalized spacial score (nSPS) is 16.7. The molecule has 120 valence electrons. The smallest absolute Gasteiger partial charge is 0.253 e. The van der Waals surface area contributed by atoms with E-state index in [1.54, 1.807) is 6.92 Å². The molecule has 3 N–H and O–H groups in total. The lowest BCUT2D eigenvalue weighted by Crippen LogP contribution is -2.45. The molecule has 1 heterocycles. The van der Waals surface area contributed by atoms with E-state index in [4.69, 9.17) is 23.2 Å². The number of nitrogens with one attached hydrogen (secondary N) is 2. The molecule has 1 unspecified atom stereocenters. The number of pyridine rings is 1. The second-order valence-corrected chi connectivity index (χ2v) is 6.35. The van der Waals surface area contributed by atoms with Crippen molar-refractivity contribution in [2.45, 2.75) is 25.4 Å². The van der Waals surface area contributed by atoms with Gasteiger partial charge < -0.3 is 15.7 Å². The molecule has 0 saturated heterocycles. The molecule has 2 rings (SSSR count). The van der Waals surface area contributed by atoms with Crippen molar-refractivity contribution in [3.05, 3.63) is 28.0 Å². The third-order valence-corrected chi connectivity index (χ3v) is 4.25. The number of carbonyl (C=O) groups excluding carboxylic acids is 2. The molecule has 0 radical (unpaired) electrons. The van der Waals surface area contributed by atoms with Gasteiger partial charge in [0.25, 0.3) is 5.91 Å². The van der Waals surface area contributed by atoms with Crippen molar-refractivity contribution >= 4 is 35.0 Å². The number of rotatable bonds is 6. The molecule has 22 heavy (non-hydrogen) atoms. The lowest BCUT2D eigenvalue weighted by molar-refractivity contribution is -0.121. The molecule has 0 aliphatic heterocycles. The average molecular weight is 346 g/mol. The summed E-state index contributed by atoms with van der Waals surface area (Å²) in [6, 6.07) is 1.38. The number of nitrogens with zero attached hydrogens (tertiary/aromatic N) is 1. The van der Waals surface area contributed by atoms with Crippen LogP contribution in [0, 0.1) is 5.92 Å². The van der Waals surface area contributed by atoms with E-state index < -0.39 is 11.5 Å². The maximum atomic E-state index is 11.8. The first-order valence-electron chi connectivity index (χ1n) is 6.88. The molecule has 0 aromatic carbocycles. The van der Waals surface area contributed by atoms with Crippen LogP contribution in [0.4, 0.5) is 0 Å². The molecule has 1 aliphatic carbocycles. The minimum absolute atomic E-state index is 0.110. The first kappa shape index (κ1) is 17.0. The highest BCUT2D eigenvalue weighted by Gasteiger charge is 2.39. The fraction of sp³-hybridized carbons (Fsp3) is 0.500. The minimum Gasteiger partial charge on any atom is -0.388 e. The van der Waals surface area contributed by atoms with E-state index in [9.17, 15) is 14.7 Å². The maximum absolute atomic E-state index is 11.8. The molecule has 1 aromatic rings. The number of aromatic nitrogens is 1. The van der Waals surface area contributed by atoms with Crippen LogP contribution < -0.4 is 10.6 Å². The summed E-state index contributed by atoms with van der Waals surface area (Å²) in [4.78, 5) is 27.3. The molecule has 6 nitrogen and oxygen atoms in total. The largest absolute Gasteiger partial charge is 0.388 e. The van der Waals surface area contributed by atoms with Crippen molar-refractivity contribution < 1.29 is 14.7 Å². The van der Waals surface area contributed by atoms with Crippen molar-refractivity contribution in [1.82, 2.24) is 15.6 Å². The van der Waals surface area contributed by atoms with Crippen molar-refractivity contribution in [3.8, 4) is 0 Å². The number of hydrogen-bond acceptors (Lipinski definition) is 4. The van der Waals surface area contributed by atoms with Crippen LogP contribution in [0.15, 0.2) is 12.3 Å². The minimum atomic E-state index is -0.896.